The average molecular weight is 395 g/mol. The molecule has 0 bridgehead atoms. The van der Waals surface area contributed by atoms with Gasteiger partial charge in [-0.05, 0) is 39.9 Å². The van der Waals surface area contributed by atoms with Crippen LogP contribution in [-0.2, 0) is 9.47 Å². The molecule has 1 aromatic heterocycles. The van der Waals surface area contributed by atoms with E-state index >= 15 is 0 Å². The number of piperazine rings is 1. The van der Waals surface area contributed by atoms with Crippen molar-refractivity contribution in [3.8, 4) is 0 Å². The first kappa shape index (κ1) is 20.2. The zero-order valence-corrected chi connectivity index (χ0v) is 17.5. The number of carbonyl (C=O) groups is 1. The highest BCUT2D eigenvalue weighted by atomic mass is 32.2. The molecule has 0 atom stereocenters. The summed E-state index contributed by atoms with van der Waals surface area (Å²) in [7, 11) is 0. The predicted molar refractivity (Wildman–Crippen MR) is 107 cm³/mol. The first-order valence-electron chi connectivity index (χ1n) is 9.59. The first-order valence-corrected chi connectivity index (χ1v) is 10.8. The van der Waals surface area contributed by atoms with Gasteiger partial charge in [-0.15, -0.1) is 0 Å². The van der Waals surface area contributed by atoms with Crippen LogP contribution in [0.5, 0.6) is 0 Å². The van der Waals surface area contributed by atoms with Gasteiger partial charge in [0.05, 0.1) is 5.69 Å². The second kappa shape index (κ2) is 8.65. The molecular formula is C19H30N4O3S. The molecule has 0 saturated carbocycles. The maximum atomic E-state index is 12.3. The minimum Gasteiger partial charge on any atom is -0.444 e. The lowest BCUT2D eigenvalue weighted by atomic mass is 9.96. The first-order chi connectivity index (χ1) is 12.9. The number of rotatable bonds is 3. The number of nitrogens with zero attached hydrogens (tertiary/aromatic N) is 4. The van der Waals surface area contributed by atoms with Crippen LogP contribution in [0.25, 0.3) is 0 Å². The van der Waals surface area contributed by atoms with E-state index in [-0.39, 0.29) is 6.09 Å². The van der Waals surface area contributed by atoms with Crippen LogP contribution < -0.4 is 4.90 Å². The van der Waals surface area contributed by atoms with Crippen molar-refractivity contribution in [2.75, 3.05) is 50.5 Å². The summed E-state index contributed by atoms with van der Waals surface area (Å²) in [5.41, 5.74) is 0.648. The number of thioether (sulfide) groups is 1. The van der Waals surface area contributed by atoms with E-state index < -0.39 is 5.60 Å². The van der Waals surface area contributed by atoms with Crippen LogP contribution in [-0.4, -0.2) is 72.2 Å². The summed E-state index contributed by atoms with van der Waals surface area (Å²) in [5.74, 6) is 1.40. The third-order valence-corrected chi connectivity index (χ3v) is 5.34. The van der Waals surface area contributed by atoms with E-state index in [0.29, 0.717) is 19.0 Å². The Hall–Kier alpha value is -1.54. The molecule has 8 heteroatoms. The lowest BCUT2D eigenvalue weighted by Gasteiger charge is -2.36. The maximum absolute atomic E-state index is 12.3. The molecular weight excluding hydrogens is 364 g/mol. The minimum atomic E-state index is -0.466. The minimum absolute atomic E-state index is 0.238. The predicted octanol–water partition coefficient (Wildman–Crippen LogP) is 3.15. The van der Waals surface area contributed by atoms with E-state index in [2.05, 4.69) is 11.0 Å². The molecule has 2 fully saturated rings. The summed E-state index contributed by atoms with van der Waals surface area (Å²) in [5, 5.41) is 0.809. The van der Waals surface area contributed by atoms with Gasteiger partial charge in [0.1, 0.15) is 11.4 Å². The van der Waals surface area contributed by atoms with Crippen molar-refractivity contribution >= 4 is 23.7 Å². The van der Waals surface area contributed by atoms with Gasteiger partial charge in [0.2, 0.25) is 0 Å². The topological polar surface area (TPSA) is 67.8 Å². The summed E-state index contributed by atoms with van der Waals surface area (Å²) >= 11 is 1.57. The second-order valence-electron chi connectivity index (χ2n) is 7.98. The number of anilines is 1. The van der Waals surface area contributed by atoms with E-state index in [1.165, 1.54) is 0 Å². The third kappa shape index (κ3) is 5.48. The SMILES string of the molecule is CSc1nc(C2CCOCC2)cc(N2CCN(C(=O)OC(C)(C)C)CC2)n1. The van der Waals surface area contributed by atoms with Crippen molar-refractivity contribution in [2.45, 2.75) is 50.3 Å². The van der Waals surface area contributed by atoms with Crippen molar-refractivity contribution in [1.29, 1.82) is 0 Å². The number of carbonyl (C=O) groups excluding carboxylic acids is 1. The Morgan fingerprint density at radius 3 is 2.44 bits per heavy atom. The fourth-order valence-electron chi connectivity index (χ4n) is 3.33. The largest absolute Gasteiger partial charge is 0.444 e. The van der Waals surface area contributed by atoms with Crippen LogP contribution in [0.2, 0.25) is 0 Å². The highest BCUT2D eigenvalue weighted by Gasteiger charge is 2.27. The third-order valence-electron chi connectivity index (χ3n) is 4.79. The molecule has 27 heavy (non-hydrogen) atoms. The molecule has 3 rings (SSSR count). The Kier molecular flexibility index (Phi) is 6.47. The van der Waals surface area contributed by atoms with Crippen molar-refractivity contribution in [2.24, 2.45) is 0 Å². The number of hydrogen-bond acceptors (Lipinski definition) is 7. The van der Waals surface area contributed by atoms with Gasteiger partial charge in [-0.1, -0.05) is 11.8 Å². The van der Waals surface area contributed by atoms with Gasteiger partial charge in [0, 0.05) is 51.4 Å². The number of aromatic nitrogens is 2. The molecule has 2 saturated heterocycles. The molecule has 0 aliphatic carbocycles. The van der Waals surface area contributed by atoms with Crippen LogP contribution in [0.4, 0.5) is 10.6 Å². The highest BCUT2D eigenvalue weighted by molar-refractivity contribution is 7.98. The molecule has 3 heterocycles. The van der Waals surface area contributed by atoms with Crippen molar-refractivity contribution < 1.29 is 14.3 Å². The molecule has 2 aliphatic rings. The lowest BCUT2D eigenvalue weighted by Crippen LogP contribution is -2.50. The van der Waals surface area contributed by atoms with Crippen LogP contribution in [0.1, 0.15) is 45.2 Å². The molecule has 0 N–H and O–H groups in total. The van der Waals surface area contributed by atoms with Crippen molar-refractivity contribution in [3.63, 3.8) is 0 Å². The van der Waals surface area contributed by atoms with E-state index in [0.717, 1.165) is 55.8 Å². The molecule has 0 radical (unpaired) electrons. The van der Waals surface area contributed by atoms with E-state index in [9.17, 15) is 4.79 Å². The van der Waals surface area contributed by atoms with Crippen LogP contribution >= 0.6 is 11.8 Å². The Morgan fingerprint density at radius 2 is 1.85 bits per heavy atom. The Labute approximate surface area is 165 Å². The average Bonchev–Trinajstić information content (AvgIpc) is 2.67. The van der Waals surface area contributed by atoms with E-state index in [4.69, 9.17) is 19.4 Å². The van der Waals surface area contributed by atoms with Crippen molar-refractivity contribution in [3.05, 3.63) is 11.8 Å². The van der Waals surface area contributed by atoms with Crippen LogP contribution in [0.3, 0.4) is 0 Å². The number of hydrogen-bond donors (Lipinski definition) is 0. The highest BCUT2D eigenvalue weighted by Crippen LogP contribution is 2.29. The Morgan fingerprint density at radius 1 is 1.19 bits per heavy atom. The van der Waals surface area contributed by atoms with Gasteiger partial charge in [0.25, 0.3) is 0 Å². The molecule has 0 spiro atoms. The second-order valence-corrected chi connectivity index (χ2v) is 8.75. The fraction of sp³-hybridized carbons (Fsp3) is 0.737. The summed E-state index contributed by atoms with van der Waals surface area (Å²) in [6.45, 7) is 10.0. The quantitative estimate of drug-likeness (QED) is 0.576. The zero-order valence-electron chi connectivity index (χ0n) is 16.7. The maximum Gasteiger partial charge on any atom is 0.410 e. The summed E-state index contributed by atoms with van der Waals surface area (Å²) < 4.78 is 11.0. The van der Waals surface area contributed by atoms with Gasteiger partial charge >= 0.3 is 6.09 Å². The normalized spacial score (nSPS) is 19.3. The van der Waals surface area contributed by atoms with Gasteiger partial charge < -0.3 is 19.3 Å². The van der Waals surface area contributed by atoms with Gasteiger partial charge in [-0.3, -0.25) is 0 Å². The number of amides is 1. The lowest BCUT2D eigenvalue weighted by molar-refractivity contribution is 0.0240. The molecule has 1 aromatic rings. The summed E-state index contributed by atoms with van der Waals surface area (Å²) in [4.78, 5) is 25.7. The summed E-state index contributed by atoms with van der Waals surface area (Å²) in [6.07, 6.45) is 3.79. The molecule has 7 nitrogen and oxygen atoms in total. The van der Waals surface area contributed by atoms with Crippen LogP contribution in [0.15, 0.2) is 11.2 Å². The molecule has 0 aromatic carbocycles. The summed E-state index contributed by atoms with van der Waals surface area (Å²) in [6, 6.07) is 2.12. The molecule has 150 valence electrons. The van der Waals surface area contributed by atoms with E-state index in [1.54, 1.807) is 16.7 Å². The number of ether oxygens (including phenoxy) is 2. The monoisotopic (exact) mass is 394 g/mol. The zero-order chi connectivity index (χ0) is 19.4. The molecule has 2 aliphatic heterocycles. The Balaban J connectivity index is 1.67. The van der Waals surface area contributed by atoms with Gasteiger partial charge in [0.15, 0.2) is 5.16 Å². The van der Waals surface area contributed by atoms with Crippen LogP contribution in [0, 0.1) is 0 Å². The van der Waals surface area contributed by atoms with Gasteiger partial charge in [-0.2, -0.15) is 0 Å². The van der Waals surface area contributed by atoms with Crippen molar-refractivity contribution in [1.82, 2.24) is 14.9 Å². The Bertz CT molecular complexity index is 651. The fourth-order valence-corrected chi connectivity index (χ4v) is 3.71. The van der Waals surface area contributed by atoms with Gasteiger partial charge in [-0.25, -0.2) is 14.8 Å². The molecule has 0 unspecified atom stereocenters. The smallest absolute Gasteiger partial charge is 0.410 e. The standard InChI is InChI=1S/C19H30N4O3S/c1-19(2,3)26-18(24)23-9-7-22(8-10-23)16-13-15(20-17(21-16)27-4)14-5-11-25-12-6-14/h13-14H,5-12H2,1-4H3. The van der Waals surface area contributed by atoms with E-state index in [1.807, 2.05) is 27.0 Å². The molecule has 1 amide bonds.